The summed E-state index contributed by atoms with van der Waals surface area (Å²) in [6.45, 7) is 8.03. The molecule has 1 saturated carbocycles. The van der Waals surface area contributed by atoms with Gasteiger partial charge in [-0.3, -0.25) is 10.1 Å². The third-order valence-electron chi connectivity index (χ3n) is 6.59. The molecule has 1 aliphatic carbocycles. The topological polar surface area (TPSA) is 62.7 Å². The van der Waals surface area contributed by atoms with Crippen LogP contribution < -0.4 is 5.32 Å². The fourth-order valence-electron chi connectivity index (χ4n) is 4.88. The normalized spacial score (nSPS) is 19.7. The number of aromatic amines is 1. The zero-order chi connectivity index (χ0) is 21.6. The van der Waals surface area contributed by atoms with Crippen molar-refractivity contribution in [3.05, 3.63) is 59.3 Å². The van der Waals surface area contributed by atoms with E-state index in [0.29, 0.717) is 23.3 Å². The van der Waals surface area contributed by atoms with Gasteiger partial charge in [-0.2, -0.15) is 0 Å². The van der Waals surface area contributed by atoms with Crippen LogP contribution >= 0.6 is 0 Å². The third-order valence-corrected chi connectivity index (χ3v) is 6.59. The van der Waals surface area contributed by atoms with Crippen molar-refractivity contribution in [2.24, 2.45) is 18.4 Å². The van der Waals surface area contributed by atoms with Gasteiger partial charge < -0.3 is 9.55 Å². The Bertz CT molecular complexity index is 1090. The molecule has 2 atom stereocenters. The number of nitrogens with zero attached hydrogens (tertiary/aromatic N) is 2. The van der Waals surface area contributed by atoms with Crippen molar-refractivity contribution < 1.29 is 9.18 Å². The molecule has 0 bridgehead atoms. The van der Waals surface area contributed by atoms with Crippen LogP contribution in [0, 0.1) is 24.1 Å². The highest BCUT2D eigenvalue weighted by Crippen LogP contribution is 2.66. The van der Waals surface area contributed by atoms with Gasteiger partial charge in [0.15, 0.2) is 0 Å². The number of aromatic nitrogens is 3. The first-order valence-corrected chi connectivity index (χ1v) is 10.4. The van der Waals surface area contributed by atoms with Crippen LogP contribution in [0.1, 0.15) is 50.1 Å². The van der Waals surface area contributed by atoms with Crippen molar-refractivity contribution in [3.8, 4) is 11.3 Å². The standard InChI is InChI=1S/C24H29FN4O/c1-14-20(28-23(26-14)27-15(2)30)11-9-18-22(24(18,3)4)16-8-10-19(25)17(13-16)21-7-6-12-29(21)5/h6-8,10,12-13,18,22H,9,11H2,1-5H3,(H2,26,27,28,30)/t18-,22-/m1/s1. The molecule has 1 amide bonds. The van der Waals surface area contributed by atoms with Crippen LogP contribution in [0.4, 0.5) is 10.3 Å². The lowest BCUT2D eigenvalue weighted by molar-refractivity contribution is -0.114. The first kappa shape index (κ1) is 20.4. The number of benzene rings is 1. The van der Waals surface area contributed by atoms with Gasteiger partial charge in [0.25, 0.3) is 0 Å². The Morgan fingerprint density at radius 3 is 2.77 bits per heavy atom. The predicted octanol–water partition coefficient (Wildman–Crippen LogP) is 5.19. The third kappa shape index (κ3) is 3.66. The van der Waals surface area contributed by atoms with Crippen LogP contribution in [0.2, 0.25) is 0 Å². The average molecular weight is 409 g/mol. The van der Waals surface area contributed by atoms with E-state index in [1.165, 1.54) is 12.5 Å². The molecule has 4 rings (SSSR count). The van der Waals surface area contributed by atoms with Gasteiger partial charge in [-0.15, -0.1) is 0 Å². The molecular formula is C24H29FN4O. The average Bonchev–Trinajstić information content (AvgIpc) is 2.96. The smallest absolute Gasteiger partial charge is 0.223 e. The second kappa shape index (κ2) is 7.42. The van der Waals surface area contributed by atoms with E-state index < -0.39 is 0 Å². The van der Waals surface area contributed by atoms with E-state index in [-0.39, 0.29) is 17.1 Å². The number of amides is 1. The van der Waals surface area contributed by atoms with Crippen molar-refractivity contribution in [2.75, 3.05) is 5.32 Å². The fourth-order valence-corrected chi connectivity index (χ4v) is 4.88. The molecule has 2 aromatic heterocycles. The van der Waals surface area contributed by atoms with E-state index in [0.717, 1.165) is 29.9 Å². The van der Waals surface area contributed by atoms with Gasteiger partial charge in [-0.1, -0.05) is 19.9 Å². The number of rotatable bonds is 6. The Morgan fingerprint density at radius 1 is 1.33 bits per heavy atom. The van der Waals surface area contributed by atoms with Crippen molar-refractivity contribution in [1.29, 1.82) is 0 Å². The van der Waals surface area contributed by atoms with E-state index in [4.69, 9.17) is 0 Å². The van der Waals surface area contributed by atoms with Crippen LogP contribution in [0.5, 0.6) is 0 Å². The van der Waals surface area contributed by atoms with Gasteiger partial charge >= 0.3 is 0 Å². The second-order valence-corrected chi connectivity index (χ2v) is 9.03. The molecule has 0 unspecified atom stereocenters. The van der Waals surface area contributed by atoms with Gasteiger partial charge in [0, 0.05) is 31.4 Å². The molecular weight excluding hydrogens is 379 g/mol. The Balaban J connectivity index is 1.51. The van der Waals surface area contributed by atoms with Crippen LogP contribution in [0.25, 0.3) is 11.3 Å². The lowest BCUT2D eigenvalue weighted by atomic mass is 9.99. The molecule has 2 N–H and O–H groups in total. The number of carbonyl (C=O) groups is 1. The Kier molecular flexibility index (Phi) is 5.04. The molecule has 0 saturated heterocycles. The fraction of sp³-hybridized carbons (Fsp3) is 0.417. The molecule has 1 aliphatic rings. The Labute approximate surface area is 176 Å². The first-order chi connectivity index (χ1) is 14.2. The van der Waals surface area contributed by atoms with E-state index in [9.17, 15) is 9.18 Å². The lowest BCUT2D eigenvalue weighted by Crippen LogP contribution is -2.07. The van der Waals surface area contributed by atoms with Crippen LogP contribution in [0.3, 0.4) is 0 Å². The summed E-state index contributed by atoms with van der Waals surface area (Å²) in [6, 6.07) is 9.44. The van der Waals surface area contributed by atoms with Crippen molar-refractivity contribution in [1.82, 2.24) is 14.5 Å². The number of hydrogen-bond donors (Lipinski definition) is 2. The highest BCUT2D eigenvalue weighted by atomic mass is 19.1. The summed E-state index contributed by atoms with van der Waals surface area (Å²) in [7, 11) is 1.94. The first-order valence-electron chi connectivity index (χ1n) is 10.4. The molecule has 2 heterocycles. The number of anilines is 1. The van der Waals surface area contributed by atoms with E-state index in [1.807, 2.05) is 49.0 Å². The Morgan fingerprint density at radius 2 is 2.10 bits per heavy atom. The number of imidazole rings is 1. The number of H-pyrrole nitrogens is 1. The molecule has 158 valence electrons. The number of halogens is 1. The maximum atomic E-state index is 14.5. The molecule has 6 heteroatoms. The summed E-state index contributed by atoms with van der Waals surface area (Å²) < 4.78 is 16.5. The van der Waals surface area contributed by atoms with Gasteiger partial charge in [-0.05, 0) is 66.8 Å². The van der Waals surface area contributed by atoms with Gasteiger partial charge in [-0.25, -0.2) is 9.37 Å². The van der Waals surface area contributed by atoms with Crippen molar-refractivity contribution in [2.45, 2.75) is 46.5 Å². The van der Waals surface area contributed by atoms with Crippen LogP contribution in [-0.4, -0.2) is 20.4 Å². The summed E-state index contributed by atoms with van der Waals surface area (Å²) in [4.78, 5) is 18.9. The van der Waals surface area contributed by atoms with E-state index in [1.54, 1.807) is 6.07 Å². The van der Waals surface area contributed by atoms with Gasteiger partial charge in [0.1, 0.15) is 5.82 Å². The zero-order valence-electron chi connectivity index (χ0n) is 18.2. The molecule has 1 fully saturated rings. The maximum Gasteiger partial charge on any atom is 0.223 e. The molecule has 0 radical (unpaired) electrons. The number of hydrogen-bond acceptors (Lipinski definition) is 2. The highest BCUT2D eigenvalue weighted by molar-refractivity contribution is 5.86. The Hall–Kier alpha value is -2.89. The van der Waals surface area contributed by atoms with Crippen molar-refractivity contribution in [3.63, 3.8) is 0 Å². The summed E-state index contributed by atoms with van der Waals surface area (Å²) in [6.07, 6.45) is 3.78. The zero-order valence-corrected chi connectivity index (χ0v) is 18.2. The number of aryl methyl sites for hydroxylation is 3. The molecule has 0 spiro atoms. The minimum Gasteiger partial charge on any atom is -0.350 e. The molecule has 0 aliphatic heterocycles. The minimum absolute atomic E-state index is 0.135. The second-order valence-electron chi connectivity index (χ2n) is 9.03. The van der Waals surface area contributed by atoms with Crippen molar-refractivity contribution >= 4 is 11.9 Å². The molecule has 3 aromatic rings. The molecule has 30 heavy (non-hydrogen) atoms. The largest absolute Gasteiger partial charge is 0.350 e. The predicted molar refractivity (Wildman–Crippen MR) is 117 cm³/mol. The summed E-state index contributed by atoms with van der Waals surface area (Å²) in [5.74, 6) is 1.08. The summed E-state index contributed by atoms with van der Waals surface area (Å²) in [5, 5.41) is 2.71. The quantitative estimate of drug-likeness (QED) is 0.589. The molecule has 5 nitrogen and oxygen atoms in total. The minimum atomic E-state index is -0.187. The highest BCUT2D eigenvalue weighted by Gasteiger charge is 2.57. The number of nitrogens with one attached hydrogen (secondary N) is 2. The SMILES string of the molecule is CC(=O)Nc1nc(CC[C@@H]2[C@@H](c3ccc(F)c(-c4cccn4C)c3)C2(C)C)c(C)[nH]1. The molecule has 1 aromatic carbocycles. The monoisotopic (exact) mass is 408 g/mol. The maximum absolute atomic E-state index is 14.5. The summed E-state index contributed by atoms with van der Waals surface area (Å²) >= 11 is 0. The van der Waals surface area contributed by atoms with Gasteiger partial charge in [0.05, 0.1) is 11.4 Å². The van der Waals surface area contributed by atoms with Crippen LogP contribution in [0.15, 0.2) is 36.5 Å². The van der Waals surface area contributed by atoms with E-state index in [2.05, 4.69) is 29.1 Å². The van der Waals surface area contributed by atoms with Crippen LogP contribution in [-0.2, 0) is 18.3 Å². The van der Waals surface area contributed by atoms with Gasteiger partial charge in [0.2, 0.25) is 11.9 Å². The van der Waals surface area contributed by atoms with E-state index >= 15 is 0 Å². The number of carbonyl (C=O) groups excluding carboxylic acids is 1. The lowest BCUT2D eigenvalue weighted by Gasteiger charge is -2.09. The summed E-state index contributed by atoms with van der Waals surface area (Å²) in [5.41, 5.74) is 4.88.